The van der Waals surface area contributed by atoms with E-state index < -0.39 is 0 Å². The highest BCUT2D eigenvalue weighted by Gasteiger charge is 2.25. The van der Waals surface area contributed by atoms with Gasteiger partial charge in [-0.15, -0.1) is 11.8 Å². The smallest absolute Gasteiger partial charge is 0.241 e. The van der Waals surface area contributed by atoms with Gasteiger partial charge in [0.2, 0.25) is 5.91 Å². The first-order valence-corrected chi connectivity index (χ1v) is 8.84. The number of aliphatic hydroxyl groups excluding tert-OH is 1. The Balaban J connectivity index is 1.57. The van der Waals surface area contributed by atoms with Crippen LogP contribution in [-0.4, -0.2) is 79.0 Å². The Morgan fingerprint density at radius 3 is 2.59 bits per heavy atom. The van der Waals surface area contributed by atoms with Crippen LogP contribution in [0.5, 0.6) is 0 Å². The molecule has 3 rings (SSSR count). The van der Waals surface area contributed by atoms with E-state index in [-0.39, 0.29) is 12.5 Å². The van der Waals surface area contributed by atoms with Gasteiger partial charge in [-0.05, 0) is 12.1 Å². The van der Waals surface area contributed by atoms with Crippen LogP contribution in [0.1, 0.15) is 0 Å². The van der Waals surface area contributed by atoms with Crippen molar-refractivity contribution in [3.8, 4) is 0 Å². The number of para-hydroxylation sites is 1. The van der Waals surface area contributed by atoms with E-state index >= 15 is 0 Å². The lowest BCUT2D eigenvalue weighted by Crippen LogP contribution is -2.51. The number of carbonyl (C=O) groups excluding carboxylic acids is 1. The third-order valence-electron chi connectivity index (χ3n) is 4.27. The third kappa shape index (κ3) is 3.63. The number of benzene rings is 1. The Morgan fingerprint density at radius 1 is 1.09 bits per heavy atom. The average Bonchev–Trinajstić information content (AvgIpc) is 2.56. The number of amides is 1. The van der Waals surface area contributed by atoms with Gasteiger partial charge in [-0.3, -0.25) is 14.6 Å². The number of nitrogens with zero attached hydrogens (tertiary/aromatic N) is 3. The number of β-amino-alcohol motifs (C(OH)–C–C–N with tert-alkyl or cyclic N) is 1. The summed E-state index contributed by atoms with van der Waals surface area (Å²) in [5.41, 5.74) is 1.06. The Bertz CT molecular complexity index is 518. The quantitative estimate of drug-likeness (QED) is 0.886. The SMILES string of the molecule is O=C(CN1CCN(CCO)CC1)N1CCSc2ccccc21. The molecule has 0 aromatic heterocycles. The van der Waals surface area contributed by atoms with E-state index in [9.17, 15) is 4.79 Å². The molecular weight excluding hydrogens is 298 g/mol. The molecule has 6 heteroatoms. The summed E-state index contributed by atoms with van der Waals surface area (Å²) < 4.78 is 0. The van der Waals surface area contributed by atoms with E-state index in [2.05, 4.69) is 15.9 Å². The molecule has 1 saturated heterocycles. The van der Waals surface area contributed by atoms with Crippen LogP contribution >= 0.6 is 11.8 Å². The zero-order chi connectivity index (χ0) is 15.4. The van der Waals surface area contributed by atoms with Crippen molar-refractivity contribution < 1.29 is 9.90 Å². The number of piperazine rings is 1. The summed E-state index contributed by atoms with van der Waals surface area (Å²) in [6, 6.07) is 8.16. The molecule has 1 amide bonds. The molecule has 0 bridgehead atoms. The zero-order valence-electron chi connectivity index (χ0n) is 12.8. The van der Waals surface area contributed by atoms with Gasteiger partial charge >= 0.3 is 0 Å². The molecule has 1 aromatic carbocycles. The average molecular weight is 321 g/mol. The summed E-state index contributed by atoms with van der Waals surface area (Å²) in [7, 11) is 0. The predicted molar refractivity (Wildman–Crippen MR) is 89.5 cm³/mol. The van der Waals surface area contributed by atoms with Crippen molar-refractivity contribution in [2.75, 3.05) is 63.1 Å². The van der Waals surface area contributed by atoms with Gasteiger partial charge < -0.3 is 10.0 Å². The van der Waals surface area contributed by atoms with E-state index in [1.807, 2.05) is 34.9 Å². The Hall–Kier alpha value is -1.08. The molecular formula is C16H23N3O2S. The molecule has 1 fully saturated rings. The van der Waals surface area contributed by atoms with Crippen molar-refractivity contribution >= 4 is 23.4 Å². The molecule has 22 heavy (non-hydrogen) atoms. The number of aliphatic hydroxyl groups is 1. The van der Waals surface area contributed by atoms with E-state index in [0.717, 1.165) is 50.7 Å². The summed E-state index contributed by atoms with van der Waals surface area (Å²) in [5, 5.41) is 8.97. The number of rotatable bonds is 4. The molecule has 5 nitrogen and oxygen atoms in total. The van der Waals surface area contributed by atoms with Gasteiger partial charge in [-0.25, -0.2) is 0 Å². The minimum Gasteiger partial charge on any atom is -0.395 e. The molecule has 0 aliphatic carbocycles. The van der Waals surface area contributed by atoms with Crippen molar-refractivity contribution in [2.45, 2.75) is 4.90 Å². The van der Waals surface area contributed by atoms with E-state index in [1.165, 1.54) is 4.90 Å². The van der Waals surface area contributed by atoms with Crippen LogP contribution in [0.2, 0.25) is 0 Å². The summed E-state index contributed by atoms with van der Waals surface area (Å²) in [4.78, 5) is 20.3. The molecule has 0 spiro atoms. The van der Waals surface area contributed by atoms with Crippen LogP contribution in [0.4, 0.5) is 5.69 Å². The molecule has 0 atom stereocenters. The summed E-state index contributed by atoms with van der Waals surface area (Å²) in [5.74, 6) is 1.16. The number of hydrogen-bond acceptors (Lipinski definition) is 5. The maximum absolute atomic E-state index is 12.7. The fraction of sp³-hybridized carbons (Fsp3) is 0.562. The molecule has 120 valence electrons. The van der Waals surface area contributed by atoms with Crippen LogP contribution in [0.15, 0.2) is 29.2 Å². The normalized spacial score (nSPS) is 20.0. The first-order valence-electron chi connectivity index (χ1n) is 7.85. The summed E-state index contributed by atoms with van der Waals surface area (Å²) >= 11 is 1.82. The summed E-state index contributed by atoms with van der Waals surface area (Å²) in [6.45, 7) is 5.89. The standard InChI is InChI=1S/C16H23N3O2S/c20-11-9-17-5-7-18(8-6-17)13-16(21)19-10-12-22-15-4-2-1-3-14(15)19/h1-4,20H,5-13H2. The summed E-state index contributed by atoms with van der Waals surface area (Å²) in [6.07, 6.45) is 0. The van der Waals surface area contributed by atoms with Crippen molar-refractivity contribution in [3.05, 3.63) is 24.3 Å². The fourth-order valence-corrected chi connectivity index (χ4v) is 4.01. The van der Waals surface area contributed by atoms with Gasteiger partial charge in [0.05, 0.1) is 18.8 Å². The number of carbonyl (C=O) groups is 1. The lowest BCUT2D eigenvalue weighted by atomic mass is 10.2. The van der Waals surface area contributed by atoms with Crippen LogP contribution in [0, 0.1) is 0 Å². The Labute approximate surface area is 135 Å². The molecule has 0 saturated carbocycles. The van der Waals surface area contributed by atoms with Gasteiger partial charge in [0, 0.05) is 49.9 Å². The second kappa shape index (κ2) is 7.46. The minimum absolute atomic E-state index is 0.198. The predicted octanol–water partition coefficient (Wildman–Crippen LogP) is 0.735. The van der Waals surface area contributed by atoms with Crippen molar-refractivity contribution in [2.24, 2.45) is 0 Å². The molecule has 2 aliphatic heterocycles. The number of thioether (sulfide) groups is 1. The lowest BCUT2D eigenvalue weighted by Gasteiger charge is -2.36. The Morgan fingerprint density at radius 2 is 1.82 bits per heavy atom. The molecule has 2 aliphatic rings. The number of anilines is 1. The zero-order valence-corrected chi connectivity index (χ0v) is 13.6. The van der Waals surface area contributed by atoms with Crippen molar-refractivity contribution in [1.29, 1.82) is 0 Å². The first kappa shape index (κ1) is 15.8. The van der Waals surface area contributed by atoms with E-state index in [4.69, 9.17) is 5.11 Å². The van der Waals surface area contributed by atoms with Crippen molar-refractivity contribution in [1.82, 2.24) is 9.80 Å². The van der Waals surface area contributed by atoms with Crippen LogP contribution < -0.4 is 4.90 Å². The van der Waals surface area contributed by atoms with Crippen LogP contribution in [0.3, 0.4) is 0 Å². The second-order valence-electron chi connectivity index (χ2n) is 5.70. The highest BCUT2D eigenvalue weighted by molar-refractivity contribution is 7.99. The van der Waals surface area contributed by atoms with Gasteiger partial charge in [-0.2, -0.15) is 0 Å². The molecule has 1 aromatic rings. The molecule has 0 unspecified atom stereocenters. The van der Waals surface area contributed by atoms with Gasteiger partial charge in [-0.1, -0.05) is 12.1 Å². The van der Waals surface area contributed by atoms with Gasteiger partial charge in [0.15, 0.2) is 0 Å². The monoisotopic (exact) mass is 321 g/mol. The number of hydrogen-bond donors (Lipinski definition) is 1. The third-order valence-corrected chi connectivity index (χ3v) is 5.31. The second-order valence-corrected chi connectivity index (χ2v) is 6.84. The Kier molecular flexibility index (Phi) is 5.36. The van der Waals surface area contributed by atoms with Gasteiger partial charge in [0.1, 0.15) is 0 Å². The molecule has 2 heterocycles. The van der Waals surface area contributed by atoms with Crippen molar-refractivity contribution in [3.63, 3.8) is 0 Å². The van der Waals surface area contributed by atoms with E-state index in [0.29, 0.717) is 6.54 Å². The molecule has 1 N–H and O–H groups in total. The number of fused-ring (bicyclic) bond motifs is 1. The maximum Gasteiger partial charge on any atom is 0.241 e. The first-order chi connectivity index (χ1) is 10.8. The van der Waals surface area contributed by atoms with Crippen LogP contribution in [-0.2, 0) is 4.79 Å². The molecule has 0 radical (unpaired) electrons. The van der Waals surface area contributed by atoms with E-state index in [1.54, 1.807) is 0 Å². The van der Waals surface area contributed by atoms with Gasteiger partial charge in [0.25, 0.3) is 0 Å². The van der Waals surface area contributed by atoms with Crippen LogP contribution in [0.25, 0.3) is 0 Å². The lowest BCUT2D eigenvalue weighted by molar-refractivity contribution is -0.120. The minimum atomic E-state index is 0.198. The highest BCUT2D eigenvalue weighted by atomic mass is 32.2. The maximum atomic E-state index is 12.7. The largest absolute Gasteiger partial charge is 0.395 e. The fourth-order valence-electron chi connectivity index (χ4n) is 3.02. The topological polar surface area (TPSA) is 47.0 Å². The highest BCUT2D eigenvalue weighted by Crippen LogP contribution is 2.34.